The molecule has 2 aliphatic carbocycles. The van der Waals surface area contributed by atoms with Crippen molar-refractivity contribution in [3.8, 4) is 16.9 Å². The standard InChI is InChI=1S/C39H49Cl2N3O8/c40-31-20-26(24-51-39(12-13-39)30-21-42-14-11-28(30)29-6-2-3-7-35(29)52-27-9-10-27)32(41)19-25(31)5-1-4-8-36(48)44-17-15-43(16-18-44)22-33(46)37(49)38(50)34(47)23-45/h2-3,6-7,11,14,19-21,27,33-34,37-38,45-47,49-50H,1,4-5,8-10,12-13,15-18,22-24H2/t33-,34+,37+,38-/m0/s1. The number of para-hydroxylation sites is 1. The van der Waals surface area contributed by atoms with Crippen molar-refractivity contribution in [2.45, 2.75) is 94.1 Å². The van der Waals surface area contributed by atoms with Gasteiger partial charge in [-0.1, -0.05) is 41.4 Å². The van der Waals surface area contributed by atoms with Crippen molar-refractivity contribution in [2.75, 3.05) is 39.3 Å². The number of aromatic nitrogens is 1. The molecule has 3 aromatic rings. The molecule has 0 unspecified atom stereocenters. The Morgan fingerprint density at radius 2 is 1.60 bits per heavy atom. The Morgan fingerprint density at radius 3 is 2.31 bits per heavy atom. The predicted octanol–water partition coefficient (Wildman–Crippen LogP) is 4.10. The molecule has 11 nitrogen and oxygen atoms in total. The van der Waals surface area contributed by atoms with Gasteiger partial charge in [-0.15, -0.1) is 0 Å². The van der Waals surface area contributed by atoms with Crippen LogP contribution >= 0.6 is 23.2 Å². The molecule has 1 saturated heterocycles. The third kappa shape index (κ3) is 9.63. The number of halogens is 2. The fraction of sp³-hybridized carbons (Fsp3) is 0.538. The van der Waals surface area contributed by atoms with Crippen molar-refractivity contribution in [1.82, 2.24) is 14.8 Å². The van der Waals surface area contributed by atoms with Gasteiger partial charge >= 0.3 is 0 Å². The summed E-state index contributed by atoms with van der Waals surface area (Å²) in [6.07, 6.45) is 4.37. The molecule has 0 spiro atoms. The molecule has 2 heterocycles. The van der Waals surface area contributed by atoms with Crippen LogP contribution in [0.3, 0.4) is 0 Å². The third-order valence-corrected chi connectivity index (χ3v) is 11.0. The second-order valence-electron chi connectivity index (χ2n) is 14.2. The zero-order chi connectivity index (χ0) is 36.8. The first kappa shape index (κ1) is 38.9. The largest absolute Gasteiger partial charge is 0.490 e. The second-order valence-corrected chi connectivity index (χ2v) is 15.1. The van der Waals surface area contributed by atoms with E-state index < -0.39 is 36.6 Å². The number of carbonyl (C=O) groups excluding carboxylic acids is 1. The van der Waals surface area contributed by atoms with Crippen LogP contribution in [0.1, 0.15) is 61.6 Å². The average Bonchev–Trinajstić information content (AvgIpc) is 4.11. The van der Waals surface area contributed by atoms with Crippen LogP contribution in [-0.2, 0) is 28.2 Å². The summed E-state index contributed by atoms with van der Waals surface area (Å²) >= 11 is 13.5. The number of carbonyl (C=O) groups is 1. The van der Waals surface area contributed by atoms with Crippen LogP contribution < -0.4 is 4.74 Å². The van der Waals surface area contributed by atoms with Gasteiger partial charge in [0.1, 0.15) is 24.1 Å². The van der Waals surface area contributed by atoms with Gasteiger partial charge in [0.05, 0.1) is 31.0 Å². The molecule has 2 aromatic carbocycles. The number of aryl methyl sites for hydroxylation is 1. The van der Waals surface area contributed by atoms with Gasteiger partial charge in [0.2, 0.25) is 5.91 Å². The zero-order valence-electron chi connectivity index (χ0n) is 29.2. The molecule has 2 saturated carbocycles. The SMILES string of the molecule is O=C(CCCCc1cc(Cl)c(COC2(c3cnccc3-c3ccccc3OC3CC3)CC2)cc1Cl)N1CCN(C[C@H](O)[C@@H](O)[C@@H](O)[C@H](O)CO)CC1. The van der Waals surface area contributed by atoms with Gasteiger partial charge in [-0.05, 0) is 85.9 Å². The summed E-state index contributed by atoms with van der Waals surface area (Å²) in [7, 11) is 0. The molecule has 5 N–H and O–H groups in total. The van der Waals surface area contributed by atoms with E-state index >= 15 is 0 Å². The Kier molecular flexibility index (Phi) is 13.1. The Hall–Kier alpha value is -2.84. The maximum Gasteiger partial charge on any atom is 0.222 e. The van der Waals surface area contributed by atoms with E-state index in [9.17, 15) is 25.2 Å². The van der Waals surface area contributed by atoms with E-state index in [0.29, 0.717) is 62.1 Å². The fourth-order valence-corrected chi connectivity index (χ4v) is 7.29. The zero-order valence-corrected chi connectivity index (χ0v) is 30.8. The van der Waals surface area contributed by atoms with Crippen LogP contribution in [0, 0.1) is 0 Å². The number of aliphatic hydroxyl groups excluding tert-OH is 5. The molecule has 4 atom stereocenters. The molecule has 3 fully saturated rings. The summed E-state index contributed by atoms with van der Waals surface area (Å²) < 4.78 is 12.8. The van der Waals surface area contributed by atoms with Crippen LogP contribution in [0.4, 0.5) is 0 Å². The highest BCUT2D eigenvalue weighted by atomic mass is 35.5. The molecule has 0 radical (unpaired) electrons. The van der Waals surface area contributed by atoms with Crippen LogP contribution in [-0.4, -0.2) is 116 Å². The average molecular weight is 759 g/mol. The topological polar surface area (TPSA) is 156 Å². The van der Waals surface area contributed by atoms with Gasteiger partial charge in [0.15, 0.2) is 0 Å². The van der Waals surface area contributed by atoms with Gasteiger partial charge in [-0.3, -0.25) is 14.7 Å². The number of β-amino-alcohol motifs (C(OH)–C–C–N with tert-alkyl or cyclic N) is 1. The normalized spacial score (nSPS) is 19.6. The van der Waals surface area contributed by atoms with Crippen molar-refractivity contribution in [3.63, 3.8) is 0 Å². The van der Waals surface area contributed by atoms with Crippen LogP contribution in [0.5, 0.6) is 5.75 Å². The van der Waals surface area contributed by atoms with Gasteiger partial charge in [-0.2, -0.15) is 0 Å². The monoisotopic (exact) mass is 757 g/mol. The lowest BCUT2D eigenvalue weighted by atomic mass is 9.96. The smallest absolute Gasteiger partial charge is 0.222 e. The van der Waals surface area contributed by atoms with E-state index in [2.05, 4.69) is 11.1 Å². The molecule has 1 aromatic heterocycles. The number of nitrogens with zero attached hydrogens (tertiary/aromatic N) is 3. The van der Waals surface area contributed by atoms with E-state index in [-0.39, 0.29) is 18.6 Å². The summed E-state index contributed by atoms with van der Waals surface area (Å²) in [5.41, 5.74) is 4.44. The molecule has 1 aliphatic heterocycles. The number of aliphatic hydroxyl groups is 5. The van der Waals surface area contributed by atoms with Crippen LogP contribution in [0.25, 0.3) is 11.1 Å². The highest BCUT2D eigenvalue weighted by molar-refractivity contribution is 6.34. The van der Waals surface area contributed by atoms with Crippen molar-refractivity contribution in [2.24, 2.45) is 0 Å². The first-order valence-corrected chi connectivity index (χ1v) is 19.0. The molecule has 0 bridgehead atoms. The maximum atomic E-state index is 12.9. The summed E-state index contributed by atoms with van der Waals surface area (Å²) in [6.45, 7) is 1.64. The van der Waals surface area contributed by atoms with Crippen molar-refractivity contribution < 1.29 is 39.8 Å². The first-order valence-electron chi connectivity index (χ1n) is 18.2. The summed E-state index contributed by atoms with van der Waals surface area (Å²) in [5, 5.41) is 49.9. The van der Waals surface area contributed by atoms with Crippen molar-refractivity contribution in [3.05, 3.63) is 81.6 Å². The number of hydrogen-bond donors (Lipinski definition) is 5. The summed E-state index contributed by atoms with van der Waals surface area (Å²) in [4.78, 5) is 21.0. The molecular weight excluding hydrogens is 709 g/mol. The molecule has 52 heavy (non-hydrogen) atoms. The van der Waals surface area contributed by atoms with Crippen molar-refractivity contribution in [1.29, 1.82) is 0 Å². The molecule has 13 heteroatoms. The minimum absolute atomic E-state index is 0.0584. The second kappa shape index (κ2) is 17.5. The molecule has 6 rings (SSSR count). The number of unbranched alkanes of at least 4 members (excludes halogenated alkanes) is 1. The Morgan fingerprint density at radius 1 is 0.904 bits per heavy atom. The molecule has 1 amide bonds. The number of rotatable bonds is 18. The lowest BCUT2D eigenvalue weighted by Crippen LogP contribution is -2.54. The number of pyridine rings is 1. The Bertz CT molecular complexity index is 1660. The lowest BCUT2D eigenvalue weighted by molar-refractivity contribution is -0.134. The highest BCUT2D eigenvalue weighted by Gasteiger charge is 2.48. The first-order chi connectivity index (χ1) is 25.1. The number of piperazine rings is 1. The van der Waals surface area contributed by atoms with Crippen LogP contribution in [0.2, 0.25) is 10.0 Å². The van der Waals surface area contributed by atoms with Gasteiger partial charge in [0, 0.05) is 72.7 Å². The number of amides is 1. The number of hydrogen-bond acceptors (Lipinski definition) is 10. The van der Waals surface area contributed by atoms with Crippen molar-refractivity contribution >= 4 is 29.1 Å². The highest BCUT2D eigenvalue weighted by Crippen LogP contribution is 2.53. The predicted molar refractivity (Wildman–Crippen MR) is 197 cm³/mol. The molecule has 282 valence electrons. The minimum atomic E-state index is -1.66. The molecule has 3 aliphatic rings. The Balaban J connectivity index is 0.958. The maximum absolute atomic E-state index is 12.9. The van der Waals surface area contributed by atoms with E-state index in [1.54, 1.807) is 4.90 Å². The van der Waals surface area contributed by atoms with E-state index in [0.717, 1.165) is 65.7 Å². The number of benzene rings is 2. The van der Waals surface area contributed by atoms with E-state index in [1.807, 2.05) is 53.7 Å². The van der Waals surface area contributed by atoms with Gasteiger partial charge in [0.25, 0.3) is 0 Å². The van der Waals surface area contributed by atoms with E-state index in [4.69, 9.17) is 37.8 Å². The molecular formula is C39H49Cl2N3O8. The quantitative estimate of drug-likeness (QED) is 0.120. The van der Waals surface area contributed by atoms with Crippen LogP contribution in [0.15, 0.2) is 54.9 Å². The van der Waals surface area contributed by atoms with Gasteiger partial charge < -0.3 is 39.9 Å². The third-order valence-electron chi connectivity index (χ3n) is 10.3. The summed E-state index contributed by atoms with van der Waals surface area (Å²) in [6, 6.07) is 14.0. The minimum Gasteiger partial charge on any atom is -0.490 e. The lowest BCUT2D eigenvalue weighted by Gasteiger charge is -2.37. The Labute approximate surface area is 314 Å². The fourth-order valence-electron chi connectivity index (χ4n) is 6.77. The van der Waals surface area contributed by atoms with Gasteiger partial charge in [-0.25, -0.2) is 0 Å². The van der Waals surface area contributed by atoms with E-state index in [1.165, 1.54) is 0 Å². The number of ether oxygens (including phenoxy) is 2. The summed E-state index contributed by atoms with van der Waals surface area (Å²) in [5.74, 6) is 0.941.